The lowest BCUT2D eigenvalue weighted by molar-refractivity contribution is 0.169. The van der Waals surface area contributed by atoms with E-state index in [2.05, 4.69) is 33.1 Å². The summed E-state index contributed by atoms with van der Waals surface area (Å²) in [5.74, 6) is 1.37. The number of nitrogens with one attached hydrogen (secondary N) is 4. The fourth-order valence-corrected chi connectivity index (χ4v) is 3.12. The van der Waals surface area contributed by atoms with Crippen molar-refractivity contribution in [2.45, 2.75) is 25.6 Å². The average Bonchev–Trinajstić information content (AvgIpc) is 2.79. The number of rotatable bonds is 2. The van der Waals surface area contributed by atoms with Gasteiger partial charge in [0.1, 0.15) is 17.7 Å². The Morgan fingerprint density at radius 3 is 3.00 bits per heavy atom. The molecule has 0 spiro atoms. The monoisotopic (exact) mass is 279 g/mol. The second-order valence-corrected chi connectivity index (χ2v) is 5.64. The predicted octanol–water partition coefficient (Wildman–Crippen LogP) is -0.231. The van der Waals surface area contributed by atoms with Gasteiger partial charge in [-0.1, -0.05) is 6.92 Å². The summed E-state index contributed by atoms with van der Waals surface area (Å²) in [5.41, 5.74) is 0.699. The maximum Gasteiger partial charge on any atom is 0.322 e. The zero-order valence-corrected chi connectivity index (χ0v) is 11.7. The van der Waals surface area contributed by atoms with Crippen molar-refractivity contribution in [2.75, 3.05) is 20.1 Å². The molecule has 0 aromatic rings. The molecule has 3 aliphatic rings. The quantitative estimate of drug-likeness (QED) is 0.482. The second kappa shape index (κ2) is 4.90. The van der Waals surface area contributed by atoms with Crippen LogP contribution in [0.4, 0.5) is 4.79 Å². The van der Waals surface area contributed by atoms with E-state index in [0.717, 1.165) is 19.5 Å². The van der Waals surface area contributed by atoms with Crippen molar-refractivity contribution in [2.24, 2.45) is 5.92 Å². The first-order valence-electron chi connectivity index (χ1n) is 6.98. The van der Waals surface area contributed by atoms with E-state index in [1.165, 1.54) is 6.20 Å². The molecule has 0 aliphatic carbocycles. The van der Waals surface area contributed by atoms with Crippen molar-refractivity contribution in [1.29, 1.82) is 0 Å². The van der Waals surface area contributed by atoms with E-state index in [1.54, 1.807) is 0 Å². The molecular weight excluding hydrogens is 258 g/mol. The summed E-state index contributed by atoms with van der Waals surface area (Å²) in [7, 11) is 1.96. The van der Waals surface area contributed by atoms with Crippen molar-refractivity contribution >= 4 is 6.03 Å². The van der Waals surface area contributed by atoms with Crippen LogP contribution in [0.2, 0.25) is 0 Å². The minimum Gasteiger partial charge on any atom is -0.506 e. The normalized spacial score (nSPS) is 32.8. The Bertz CT molecular complexity index is 487. The highest BCUT2D eigenvalue weighted by atomic mass is 16.3. The van der Waals surface area contributed by atoms with Gasteiger partial charge in [0.25, 0.3) is 0 Å². The summed E-state index contributed by atoms with van der Waals surface area (Å²) in [6, 6.07) is 0.0336. The number of fused-ring (bicyclic) bond motifs is 1. The van der Waals surface area contributed by atoms with E-state index in [1.807, 2.05) is 7.05 Å². The highest BCUT2D eigenvalue weighted by Gasteiger charge is 2.37. The Balaban J connectivity index is 1.91. The Morgan fingerprint density at radius 2 is 2.25 bits per heavy atom. The van der Waals surface area contributed by atoms with Gasteiger partial charge < -0.3 is 26.0 Å². The molecule has 0 aromatic heterocycles. The molecule has 7 heteroatoms. The number of hydrogen-bond donors (Lipinski definition) is 5. The Kier molecular flexibility index (Phi) is 3.21. The van der Waals surface area contributed by atoms with Crippen LogP contribution in [0.25, 0.3) is 0 Å². The van der Waals surface area contributed by atoms with E-state index in [-0.39, 0.29) is 18.0 Å². The van der Waals surface area contributed by atoms with Crippen molar-refractivity contribution in [3.05, 3.63) is 23.4 Å². The fourth-order valence-electron chi connectivity index (χ4n) is 3.12. The molecule has 0 radical (unpaired) electrons. The lowest BCUT2D eigenvalue weighted by Crippen LogP contribution is -2.57. The van der Waals surface area contributed by atoms with E-state index >= 15 is 0 Å². The molecule has 3 unspecified atom stereocenters. The first kappa shape index (κ1) is 13.1. The number of hydrogen-bond acceptors (Lipinski definition) is 5. The third-order valence-corrected chi connectivity index (χ3v) is 4.35. The highest BCUT2D eigenvalue weighted by Crippen LogP contribution is 2.27. The van der Waals surface area contributed by atoms with Crippen molar-refractivity contribution in [1.82, 2.24) is 26.2 Å². The molecule has 1 saturated heterocycles. The molecule has 1 fully saturated rings. The molecule has 3 rings (SSSR count). The minimum atomic E-state index is -0.354. The number of urea groups is 1. The lowest BCUT2D eigenvalue weighted by Gasteiger charge is -2.41. The number of piperidine rings is 1. The van der Waals surface area contributed by atoms with Gasteiger partial charge in [-0.3, -0.25) is 5.32 Å². The summed E-state index contributed by atoms with van der Waals surface area (Å²) in [4.78, 5) is 13.8. The number of aliphatic hydroxyl groups is 1. The summed E-state index contributed by atoms with van der Waals surface area (Å²) < 4.78 is 0. The molecule has 0 saturated carbocycles. The summed E-state index contributed by atoms with van der Waals surface area (Å²) in [6.45, 7) is 4.12. The first-order valence-corrected chi connectivity index (χ1v) is 6.98. The smallest absolute Gasteiger partial charge is 0.322 e. The minimum absolute atomic E-state index is 0.167. The molecular formula is C13H21N5O2. The van der Waals surface area contributed by atoms with Crippen molar-refractivity contribution in [3.8, 4) is 0 Å². The number of carbonyl (C=O) groups excluding carboxylic acids is 1. The largest absolute Gasteiger partial charge is 0.506 e. The van der Waals surface area contributed by atoms with Crippen LogP contribution in [-0.2, 0) is 0 Å². The van der Waals surface area contributed by atoms with Crippen LogP contribution in [0, 0.1) is 5.92 Å². The molecule has 5 N–H and O–H groups in total. The Morgan fingerprint density at radius 1 is 1.45 bits per heavy atom. The molecule has 20 heavy (non-hydrogen) atoms. The SMILES string of the molecule is CC1CCNCC1N(C)C1=C2C(O)=CNC2NC(=O)N1. The number of carbonyl (C=O) groups is 1. The summed E-state index contributed by atoms with van der Waals surface area (Å²) >= 11 is 0. The van der Waals surface area contributed by atoms with Gasteiger partial charge in [0.2, 0.25) is 0 Å². The molecule has 0 bridgehead atoms. The van der Waals surface area contributed by atoms with Crippen LogP contribution in [0.1, 0.15) is 13.3 Å². The number of nitrogens with zero attached hydrogens (tertiary/aromatic N) is 1. The Labute approximate surface area is 118 Å². The molecule has 7 nitrogen and oxygen atoms in total. The van der Waals surface area contributed by atoms with E-state index in [4.69, 9.17) is 0 Å². The van der Waals surface area contributed by atoms with Gasteiger partial charge in [-0.25, -0.2) is 4.79 Å². The summed E-state index contributed by atoms with van der Waals surface area (Å²) in [5, 5.41) is 21.9. The maximum absolute atomic E-state index is 11.7. The van der Waals surface area contributed by atoms with Crippen LogP contribution in [0.15, 0.2) is 23.4 Å². The third-order valence-electron chi connectivity index (χ3n) is 4.35. The first-order chi connectivity index (χ1) is 9.58. The lowest BCUT2D eigenvalue weighted by atomic mass is 9.93. The van der Waals surface area contributed by atoms with E-state index in [9.17, 15) is 9.90 Å². The standard InChI is InChI=1S/C13H21N5O2/c1-7-3-4-14-5-8(7)18(2)12-10-9(19)6-15-11(10)16-13(20)17-12/h6-8,11,14-15,19H,3-5H2,1-2H3,(H2,16,17,20). The van der Waals surface area contributed by atoms with E-state index in [0.29, 0.717) is 23.4 Å². The summed E-state index contributed by atoms with van der Waals surface area (Å²) in [6.07, 6.45) is 2.27. The third kappa shape index (κ3) is 2.07. The zero-order chi connectivity index (χ0) is 14.3. The molecule has 110 valence electrons. The van der Waals surface area contributed by atoms with Crippen LogP contribution in [-0.4, -0.2) is 48.4 Å². The fraction of sp³-hybridized carbons (Fsp3) is 0.615. The van der Waals surface area contributed by atoms with Crippen LogP contribution < -0.4 is 21.3 Å². The topological polar surface area (TPSA) is 88.7 Å². The average molecular weight is 279 g/mol. The highest BCUT2D eigenvalue weighted by molar-refractivity contribution is 5.79. The second-order valence-electron chi connectivity index (χ2n) is 5.64. The van der Waals surface area contributed by atoms with Crippen LogP contribution in [0.5, 0.6) is 0 Å². The number of likely N-dealkylation sites (N-methyl/N-ethyl adjacent to an activating group) is 1. The van der Waals surface area contributed by atoms with Gasteiger partial charge in [0, 0.05) is 25.8 Å². The molecule has 0 aromatic carbocycles. The van der Waals surface area contributed by atoms with Gasteiger partial charge in [-0.05, 0) is 18.9 Å². The van der Waals surface area contributed by atoms with Gasteiger partial charge in [0.15, 0.2) is 0 Å². The van der Waals surface area contributed by atoms with Gasteiger partial charge >= 0.3 is 6.03 Å². The maximum atomic E-state index is 11.7. The molecule has 3 atom stereocenters. The number of aliphatic hydroxyl groups excluding tert-OH is 1. The van der Waals surface area contributed by atoms with Gasteiger partial charge in [0.05, 0.1) is 5.57 Å². The predicted molar refractivity (Wildman–Crippen MR) is 74.5 cm³/mol. The van der Waals surface area contributed by atoms with Crippen molar-refractivity contribution < 1.29 is 9.90 Å². The van der Waals surface area contributed by atoms with Gasteiger partial charge in [-0.15, -0.1) is 0 Å². The molecule has 2 amide bonds. The Hall–Kier alpha value is -1.89. The van der Waals surface area contributed by atoms with Crippen LogP contribution >= 0.6 is 0 Å². The van der Waals surface area contributed by atoms with Crippen LogP contribution in [0.3, 0.4) is 0 Å². The number of amides is 2. The molecule has 3 heterocycles. The van der Waals surface area contributed by atoms with Gasteiger partial charge in [-0.2, -0.15) is 0 Å². The van der Waals surface area contributed by atoms with E-state index < -0.39 is 0 Å². The zero-order valence-electron chi connectivity index (χ0n) is 11.7. The van der Waals surface area contributed by atoms with Crippen molar-refractivity contribution in [3.63, 3.8) is 0 Å². The molecule has 3 aliphatic heterocycles.